The molecule has 0 saturated carbocycles. The quantitative estimate of drug-likeness (QED) is 0.874. The van der Waals surface area contributed by atoms with E-state index in [1.165, 1.54) is 6.07 Å². The van der Waals surface area contributed by atoms with Crippen LogP contribution in [-0.4, -0.2) is 5.91 Å². The Balaban J connectivity index is 2.25. The Morgan fingerprint density at radius 3 is 2.21 bits per heavy atom. The number of anilines is 1. The Labute approximate surface area is 110 Å². The highest BCUT2D eigenvalue weighted by atomic mass is 19.1. The number of amides is 1. The lowest BCUT2D eigenvalue weighted by atomic mass is 10.1. The van der Waals surface area contributed by atoms with E-state index in [2.05, 4.69) is 5.32 Å². The van der Waals surface area contributed by atoms with Crippen molar-refractivity contribution in [1.82, 2.24) is 0 Å². The van der Waals surface area contributed by atoms with Gasteiger partial charge < -0.3 is 5.32 Å². The first-order valence-corrected chi connectivity index (χ1v) is 5.80. The van der Waals surface area contributed by atoms with Crippen LogP contribution in [0.5, 0.6) is 0 Å². The predicted octanol–water partition coefficient (Wildman–Crippen LogP) is 3.83. The maximum atomic E-state index is 13.4. The van der Waals surface area contributed by atoms with Crippen molar-refractivity contribution >= 4 is 11.6 Å². The Morgan fingerprint density at radius 1 is 1.00 bits per heavy atom. The first-order chi connectivity index (χ1) is 8.95. The van der Waals surface area contributed by atoms with Crippen LogP contribution in [0.2, 0.25) is 0 Å². The lowest BCUT2D eigenvalue weighted by Crippen LogP contribution is -2.13. The summed E-state index contributed by atoms with van der Waals surface area (Å²) in [5.41, 5.74) is 2.31. The van der Waals surface area contributed by atoms with Crippen molar-refractivity contribution in [2.45, 2.75) is 13.8 Å². The summed E-state index contributed by atoms with van der Waals surface area (Å²) in [7, 11) is 0. The van der Waals surface area contributed by atoms with E-state index in [1.54, 1.807) is 12.1 Å². The molecule has 4 heteroatoms. The van der Waals surface area contributed by atoms with Gasteiger partial charge in [-0.2, -0.15) is 0 Å². The predicted molar refractivity (Wildman–Crippen MR) is 70.2 cm³/mol. The fourth-order valence-electron chi connectivity index (χ4n) is 1.89. The zero-order valence-corrected chi connectivity index (χ0v) is 10.6. The molecule has 0 radical (unpaired) electrons. The van der Waals surface area contributed by atoms with Crippen LogP contribution in [-0.2, 0) is 0 Å². The summed E-state index contributed by atoms with van der Waals surface area (Å²) >= 11 is 0. The Morgan fingerprint density at radius 2 is 1.63 bits per heavy atom. The molecule has 0 aliphatic heterocycles. The first kappa shape index (κ1) is 13.2. The molecule has 0 unspecified atom stereocenters. The van der Waals surface area contributed by atoms with Crippen LogP contribution in [0.4, 0.5) is 14.5 Å². The van der Waals surface area contributed by atoms with Crippen LogP contribution in [0.3, 0.4) is 0 Å². The normalized spacial score (nSPS) is 10.3. The van der Waals surface area contributed by atoms with Crippen molar-refractivity contribution in [3.8, 4) is 0 Å². The van der Waals surface area contributed by atoms with Gasteiger partial charge in [-0.25, -0.2) is 8.78 Å². The minimum atomic E-state index is -0.794. The Hall–Kier alpha value is -2.23. The third-order valence-corrected chi connectivity index (χ3v) is 2.66. The fraction of sp³-hybridized carbons (Fsp3) is 0.133. The van der Waals surface area contributed by atoms with Gasteiger partial charge in [-0.3, -0.25) is 4.79 Å². The zero-order chi connectivity index (χ0) is 14.0. The molecule has 2 aromatic carbocycles. The zero-order valence-electron chi connectivity index (χ0n) is 10.6. The standard InChI is InChI=1S/C15H13F2NO/c1-9-5-10(2)7-11(6-9)15(19)18-14-4-3-12(16)8-13(14)17/h3-8H,1-2H3,(H,18,19). The van der Waals surface area contributed by atoms with E-state index in [0.717, 1.165) is 23.3 Å². The summed E-state index contributed by atoms with van der Waals surface area (Å²) in [5.74, 6) is -1.89. The number of carbonyl (C=O) groups is 1. The second kappa shape index (κ2) is 5.18. The number of rotatable bonds is 2. The van der Waals surface area contributed by atoms with Gasteiger partial charge in [0.1, 0.15) is 11.6 Å². The fourth-order valence-corrected chi connectivity index (χ4v) is 1.89. The molecule has 0 spiro atoms. The van der Waals surface area contributed by atoms with E-state index < -0.39 is 17.5 Å². The largest absolute Gasteiger partial charge is 0.319 e. The molecule has 1 amide bonds. The van der Waals surface area contributed by atoms with Crippen molar-refractivity contribution in [2.75, 3.05) is 5.32 Å². The third-order valence-electron chi connectivity index (χ3n) is 2.66. The van der Waals surface area contributed by atoms with E-state index in [-0.39, 0.29) is 5.69 Å². The maximum Gasteiger partial charge on any atom is 0.255 e. The van der Waals surface area contributed by atoms with Gasteiger partial charge >= 0.3 is 0 Å². The van der Waals surface area contributed by atoms with Gasteiger partial charge in [-0.05, 0) is 38.1 Å². The molecule has 0 saturated heterocycles. The van der Waals surface area contributed by atoms with E-state index in [9.17, 15) is 13.6 Å². The Bertz CT molecular complexity index is 618. The summed E-state index contributed by atoms with van der Waals surface area (Å²) in [6.07, 6.45) is 0. The van der Waals surface area contributed by atoms with Gasteiger partial charge in [-0.15, -0.1) is 0 Å². The topological polar surface area (TPSA) is 29.1 Å². The molecule has 0 atom stereocenters. The summed E-state index contributed by atoms with van der Waals surface area (Å²) in [5, 5.41) is 2.43. The van der Waals surface area contributed by atoms with Crippen molar-refractivity contribution in [3.63, 3.8) is 0 Å². The summed E-state index contributed by atoms with van der Waals surface area (Å²) in [6.45, 7) is 3.75. The maximum absolute atomic E-state index is 13.4. The molecule has 1 N–H and O–H groups in total. The van der Waals surface area contributed by atoms with Crippen molar-refractivity contribution in [1.29, 1.82) is 0 Å². The van der Waals surface area contributed by atoms with Crippen LogP contribution in [0, 0.1) is 25.5 Å². The second-order valence-corrected chi connectivity index (χ2v) is 4.45. The molecular formula is C15H13F2NO. The summed E-state index contributed by atoms with van der Waals surface area (Å²) in [4.78, 5) is 12.0. The number of aryl methyl sites for hydroxylation is 2. The average Bonchev–Trinajstić information content (AvgIpc) is 2.31. The van der Waals surface area contributed by atoms with Crippen LogP contribution < -0.4 is 5.32 Å². The number of carbonyl (C=O) groups excluding carboxylic acids is 1. The van der Waals surface area contributed by atoms with Gasteiger partial charge in [-0.1, -0.05) is 17.2 Å². The van der Waals surface area contributed by atoms with Crippen molar-refractivity contribution in [3.05, 3.63) is 64.7 Å². The van der Waals surface area contributed by atoms with Gasteiger partial charge in [0.2, 0.25) is 0 Å². The lowest BCUT2D eigenvalue weighted by molar-refractivity contribution is 0.102. The van der Waals surface area contributed by atoms with E-state index >= 15 is 0 Å². The minimum absolute atomic E-state index is 0.0365. The Kier molecular flexibility index (Phi) is 3.60. The molecule has 98 valence electrons. The van der Waals surface area contributed by atoms with Crippen LogP contribution in [0.1, 0.15) is 21.5 Å². The average molecular weight is 261 g/mol. The van der Waals surface area contributed by atoms with Crippen LogP contribution >= 0.6 is 0 Å². The lowest BCUT2D eigenvalue weighted by Gasteiger charge is -2.08. The molecule has 0 fully saturated rings. The second-order valence-electron chi connectivity index (χ2n) is 4.45. The van der Waals surface area contributed by atoms with E-state index in [4.69, 9.17) is 0 Å². The highest BCUT2D eigenvalue weighted by Gasteiger charge is 2.10. The van der Waals surface area contributed by atoms with Crippen molar-refractivity contribution in [2.24, 2.45) is 0 Å². The molecule has 2 aromatic rings. The molecule has 2 rings (SSSR count). The molecule has 0 bridgehead atoms. The smallest absolute Gasteiger partial charge is 0.255 e. The number of hydrogen-bond acceptors (Lipinski definition) is 1. The van der Waals surface area contributed by atoms with E-state index in [1.807, 2.05) is 19.9 Å². The molecule has 0 heterocycles. The van der Waals surface area contributed by atoms with Gasteiger partial charge in [0, 0.05) is 11.6 Å². The minimum Gasteiger partial charge on any atom is -0.319 e. The molecule has 2 nitrogen and oxygen atoms in total. The van der Waals surface area contributed by atoms with Crippen molar-refractivity contribution < 1.29 is 13.6 Å². The summed E-state index contributed by atoms with van der Waals surface area (Å²) < 4.78 is 26.2. The number of nitrogens with one attached hydrogen (secondary N) is 1. The SMILES string of the molecule is Cc1cc(C)cc(C(=O)Nc2ccc(F)cc2F)c1. The van der Waals surface area contributed by atoms with Gasteiger partial charge in [0.25, 0.3) is 5.91 Å². The first-order valence-electron chi connectivity index (χ1n) is 5.80. The van der Waals surface area contributed by atoms with Gasteiger partial charge in [0.05, 0.1) is 5.69 Å². The monoisotopic (exact) mass is 261 g/mol. The van der Waals surface area contributed by atoms with Gasteiger partial charge in [0.15, 0.2) is 0 Å². The highest BCUT2D eigenvalue weighted by Crippen LogP contribution is 2.17. The molecular weight excluding hydrogens is 248 g/mol. The number of hydrogen-bond donors (Lipinski definition) is 1. The number of benzene rings is 2. The molecule has 0 aliphatic rings. The third kappa shape index (κ3) is 3.16. The number of halogens is 2. The van der Waals surface area contributed by atoms with Crippen LogP contribution in [0.25, 0.3) is 0 Å². The molecule has 0 aromatic heterocycles. The highest BCUT2D eigenvalue weighted by molar-refractivity contribution is 6.04. The molecule has 0 aliphatic carbocycles. The van der Waals surface area contributed by atoms with Crippen LogP contribution in [0.15, 0.2) is 36.4 Å². The molecule has 19 heavy (non-hydrogen) atoms. The van der Waals surface area contributed by atoms with E-state index in [0.29, 0.717) is 5.56 Å². The summed E-state index contributed by atoms with van der Waals surface area (Å²) in [6, 6.07) is 8.39.